The van der Waals surface area contributed by atoms with Crippen LogP contribution in [0, 0.1) is 20.2 Å². The summed E-state index contributed by atoms with van der Waals surface area (Å²) in [6, 6.07) is 16.5. The molecule has 12 heteroatoms. The van der Waals surface area contributed by atoms with E-state index in [4.69, 9.17) is 13.9 Å². The summed E-state index contributed by atoms with van der Waals surface area (Å²) >= 11 is 0. The van der Waals surface area contributed by atoms with Gasteiger partial charge in [-0.15, -0.1) is 0 Å². The van der Waals surface area contributed by atoms with Gasteiger partial charge in [-0.05, 0) is 41.5 Å². The molecule has 0 unspecified atom stereocenters. The van der Waals surface area contributed by atoms with E-state index in [0.717, 1.165) is 0 Å². The van der Waals surface area contributed by atoms with Crippen molar-refractivity contribution in [2.45, 2.75) is 6.61 Å². The first-order valence-corrected chi connectivity index (χ1v) is 10.4. The maximum atomic E-state index is 12.3. The van der Waals surface area contributed by atoms with Crippen molar-refractivity contribution in [3.05, 3.63) is 104 Å². The molecular formula is C24H18N4O8. The van der Waals surface area contributed by atoms with Gasteiger partial charge in [0.1, 0.15) is 12.2 Å². The van der Waals surface area contributed by atoms with Crippen LogP contribution in [0.1, 0.15) is 21.7 Å². The van der Waals surface area contributed by atoms with Crippen LogP contribution in [0.4, 0.5) is 11.4 Å². The van der Waals surface area contributed by atoms with E-state index < -0.39 is 15.8 Å². The fraction of sp³-hybridized carbons (Fsp3) is 0.0833. The van der Waals surface area contributed by atoms with Gasteiger partial charge in [-0.2, -0.15) is 5.10 Å². The molecular weight excluding hydrogens is 472 g/mol. The number of rotatable bonds is 9. The highest BCUT2D eigenvalue weighted by Gasteiger charge is 2.15. The number of methoxy groups -OCH3 is 1. The molecule has 0 fully saturated rings. The Labute approximate surface area is 203 Å². The van der Waals surface area contributed by atoms with Gasteiger partial charge in [0.15, 0.2) is 17.3 Å². The number of nitrogens with one attached hydrogen (secondary N) is 1. The molecule has 1 heterocycles. The molecule has 0 spiro atoms. The van der Waals surface area contributed by atoms with E-state index >= 15 is 0 Å². The van der Waals surface area contributed by atoms with Gasteiger partial charge in [0.05, 0.1) is 23.2 Å². The highest BCUT2D eigenvalue weighted by Crippen LogP contribution is 2.29. The van der Waals surface area contributed by atoms with Crippen LogP contribution >= 0.6 is 0 Å². The Morgan fingerprint density at radius 1 is 1.00 bits per heavy atom. The number of nitrogens with zero attached hydrogens (tertiary/aromatic N) is 3. The lowest BCUT2D eigenvalue weighted by atomic mass is 10.2. The number of hydrogen-bond acceptors (Lipinski definition) is 9. The average Bonchev–Trinajstić information content (AvgIpc) is 3.31. The summed E-state index contributed by atoms with van der Waals surface area (Å²) in [4.78, 5) is 33.2. The van der Waals surface area contributed by atoms with Crippen LogP contribution in [0.25, 0.3) is 11.0 Å². The van der Waals surface area contributed by atoms with Crippen LogP contribution in [0.5, 0.6) is 11.5 Å². The summed E-state index contributed by atoms with van der Waals surface area (Å²) in [6.07, 6.45) is 1.39. The van der Waals surface area contributed by atoms with E-state index in [1.54, 1.807) is 30.3 Å². The molecule has 0 bridgehead atoms. The first-order valence-electron chi connectivity index (χ1n) is 10.4. The lowest BCUT2D eigenvalue weighted by molar-refractivity contribution is -0.385. The van der Waals surface area contributed by atoms with E-state index in [2.05, 4.69) is 10.5 Å². The van der Waals surface area contributed by atoms with Crippen LogP contribution in [0.2, 0.25) is 0 Å². The van der Waals surface area contributed by atoms with Crippen molar-refractivity contribution in [1.82, 2.24) is 5.43 Å². The molecule has 1 amide bonds. The molecule has 4 aromatic rings. The number of hydrazone groups is 1. The van der Waals surface area contributed by atoms with Gasteiger partial charge in [0, 0.05) is 29.7 Å². The third kappa shape index (κ3) is 5.44. The predicted molar refractivity (Wildman–Crippen MR) is 128 cm³/mol. The van der Waals surface area contributed by atoms with Gasteiger partial charge in [-0.25, -0.2) is 5.43 Å². The molecule has 0 atom stereocenters. The zero-order valence-corrected chi connectivity index (χ0v) is 18.7. The van der Waals surface area contributed by atoms with Crippen molar-refractivity contribution >= 4 is 34.5 Å². The zero-order chi connectivity index (χ0) is 25.7. The van der Waals surface area contributed by atoms with Gasteiger partial charge in [0.2, 0.25) is 0 Å². The van der Waals surface area contributed by atoms with E-state index in [9.17, 15) is 25.0 Å². The quantitative estimate of drug-likeness (QED) is 0.202. The number of carbonyl (C=O) groups is 1. The highest BCUT2D eigenvalue weighted by atomic mass is 16.6. The second-order valence-electron chi connectivity index (χ2n) is 7.41. The number of carbonyl (C=O) groups excluding carboxylic acids is 1. The largest absolute Gasteiger partial charge is 0.493 e. The Hall–Kier alpha value is -5.26. The summed E-state index contributed by atoms with van der Waals surface area (Å²) in [5, 5.41) is 26.2. The molecule has 1 aromatic heterocycles. The van der Waals surface area contributed by atoms with Crippen molar-refractivity contribution in [1.29, 1.82) is 0 Å². The average molecular weight is 490 g/mol. The maximum absolute atomic E-state index is 12.3. The third-order valence-electron chi connectivity index (χ3n) is 5.02. The molecule has 1 N–H and O–H groups in total. The first-order chi connectivity index (χ1) is 17.3. The van der Waals surface area contributed by atoms with Crippen LogP contribution in [-0.2, 0) is 6.61 Å². The Kier molecular flexibility index (Phi) is 6.86. The number of fused-ring (bicyclic) bond motifs is 1. The van der Waals surface area contributed by atoms with Gasteiger partial charge in [-0.3, -0.25) is 25.0 Å². The number of furan rings is 1. The Morgan fingerprint density at radius 3 is 2.53 bits per heavy atom. The molecule has 0 aliphatic carbocycles. The lowest BCUT2D eigenvalue weighted by Crippen LogP contribution is -2.16. The van der Waals surface area contributed by atoms with E-state index in [1.807, 2.05) is 0 Å². The maximum Gasteiger partial charge on any atom is 0.307 e. The van der Waals surface area contributed by atoms with Crippen molar-refractivity contribution in [2.75, 3.05) is 7.11 Å². The smallest absolute Gasteiger partial charge is 0.307 e. The van der Waals surface area contributed by atoms with Crippen molar-refractivity contribution in [2.24, 2.45) is 5.10 Å². The zero-order valence-electron chi connectivity index (χ0n) is 18.7. The second kappa shape index (κ2) is 10.3. The number of amides is 1. The summed E-state index contributed by atoms with van der Waals surface area (Å²) < 4.78 is 16.5. The molecule has 0 radical (unpaired) electrons. The summed E-state index contributed by atoms with van der Waals surface area (Å²) in [6.45, 7) is 0.0994. The van der Waals surface area contributed by atoms with E-state index in [-0.39, 0.29) is 23.7 Å². The van der Waals surface area contributed by atoms with Gasteiger partial charge in [0.25, 0.3) is 11.4 Å². The lowest BCUT2D eigenvalue weighted by Gasteiger charge is -2.11. The minimum absolute atomic E-state index is 0.0272. The molecule has 0 saturated heterocycles. The first kappa shape index (κ1) is 23.9. The van der Waals surface area contributed by atoms with Crippen LogP contribution in [0.15, 0.2) is 76.2 Å². The predicted octanol–water partition coefficient (Wildman–Crippen LogP) is 4.60. The molecule has 182 valence electrons. The van der Waals surface area contributed by atoms with Crippen molar-refractivity contribution in [3.63, 3.8) is 0 Å². The highest BCUT2D eigenvalue weighted by molar-refractivity contribution is 5.97. The minimum atomic E-state index is -0.631. The minimum Gasteiger partial charge on any atom is -0.493 e. The van der Waals surface area contributed by atoms with Crippen LogP contribution in [-0.4, -0.2) is 29.1 Å². The third-order valence-corrected chi connectivity index (χ3v) is 5.02. The molecule has 0 aliphatic heterocycles. The standard InChI is InChI=1S/C24H18N4O8/c1-34-22-10-15(5-7-21(22)35-14-16-3-2-4-18(9-16)27(30)31)13-25-26-24(29)23-12-17-11-19(28(32)33)6-8-20(17)36-23/h2-13H,14H2,1H3,(H,26,29)/b25-13+. The molecule has 3 aromatic carbocycles. The summed E-state index contributed by atoms with van der Waals surface area (Å²) in [7, 11) is 1.46. The van der Waals surface area contributed by atoms with Crippen molar-refractivity contribution < 1.29 is 28.5 Å². The number of nitro benzene ring substituents is 2. The Balaban J connectivity index is 1.40. The second-order valence-corrected chi connectivity index (χ2v) is 7.41. The monoisotopic (exact) mass is 490 g/mol. The Bertz CT molecular complexity index is 1490. The molecule has 12 nitrogen and oxygen atoms in total. The number of nitro groups is 2. The normalized spacial score (nSPS) is 10.9. The number of ether oxygens (including phenoxy) is 2. The summed E-state index contributed by atoms with van der Waals surface area (Å²) in [5.41, 5.74) is 3.75. The Morgan fingerprint density at radius 2 is 1.78 bits per heavy atom. The van der Waals surface area contributed by atoms with Crippen LogP contribution < -0.4 is 14.9 Å². The fourth-order valence-electron chi connectivity index (χ4n) is 3.28. The molecule has 36 heavy (non-hydrogen) atoms. The SMILES string of the molecule is COc1cc(/C=N/NC(=O)c2cc3cc([N+](=O)[O-])ccc3o2)ccc1OCc1cccc([N+](=O)[O-])c1. The topological polar surface area (TPSA) is 159 Å². The van der Waals surface area contributed by atoms with Gasteiger partial charge >= 0.3 is 5.91 Å². The van der Waals surface area contributed by atoms with Crippen molar-refractivity contribution in [3.8, 4) is 11.5 Å². The van der Waals surface area contributed by atoms with E-state index in [0.29, 0.717) is 33.6 Å². The number of non-ortho nitro benzene ring substituents is 2. The van der Waals surface area contributed by atoms with Crippen LogP contribution in [0.3, 0.4) is 0 Å². The molecule has 0 aliphatic rings. The summed E-state index contributed by atoms with van der Waals surface area (Å²) in [5.74, 6) is 0.134. The number of hydrogen-bond donors (Lipinski definition) is 1. The molecule has 0 saturated carbocycles. The molecule has 4 rings (SSSR count). The van der Waals surface area contributed by atoms with E-state index in [1.165, 1.54) is 49.7 Å². The number of benzene rings is 3. The van der Waals surface area contributed by atoms with Gasteiger partial charge < -0.3 is 13.9 Å². The van der Waals surface area contributed by atoms with Gasteiger partial charge in [-0.1, -0.05) is 12.1 Å². The fourth-order valence-corrected chi connectivity index (χ4v) is 3.28.